The lowest BCUT2D eigenvalue weighted by Crippen LogP contribution is -1.91. The summed E-state index contributed by atoms with van der Waals surface area (Å²) < 4.78 is 0. The number of hydrogen-bond acceptors (Lipinski definition) is 0. The molecule has 8 heavy (non-hydrogen) atoms. The van der Waals surface area contributed by atoms with Gasteiger partial charge < -0.3 is 0 Å². The maximum absolute atomic E-state index is 4.82. The third kappa shape index (κ3) is 4.51. The highest BCUT2D eigenvalue weighted by molar-refractivity contribution is 7.80. The van der Waals surface area contributed by atoms with E-state index < -0.39 is 0 Å². The lowest BCUT2D eigenvalue weighted by atomic mass is 10.0. The Hall–Kier alpha value is 0.350. The van der Waals surface area contributed by atoms with Gasteiger partial charge in [-0.25, -0.2) is 0 Å². The second-order valence-electron chi connectivity index (χ2n) is 2.36. The Bertz CT molecular complexity index is 43.7. The highest BCUT2D eigenvalue weighted by Gasteiger charge is 1.95. The average molecular weight is 131 g/mol. The summed E-state index contributed by atoms with van der Waals surface area (Å²) in [5.41, 5.74) is 0. The second kappa shape index (κ2) is 5.49. The molecule has 0 N–H and O–H groups in total. The molecule has 0 aromatic heterocycles. The molecule has 0 aromatic carbocycles. The van der Waals surface area contributed by atoms with Gasteiger partial charge in [0.05, 0.1) is 0 Å². The van der Waals surface area contributed by atoms with Crippen molar-refractivity contribution in [1.82, 2.24) is 0 Å². The van der Waals surface area contributed by atoms with Gasteiger partial charge in [-0.15, -0.1) is 0 Å². The summed E-state index contributed by atoms with van der Waals surface area (Å²) in [6.07, 6.45) is 3.85. The van der Waals surface area contributed by atoms with Crippen LogP contribution in [0.1, 0.15) is 33.1 Å². The minimum Gasteiger partial charge on any atom is -0.0942 e. The van der Waals surface area contributed by atoms with Crippen LogP contribution in [0, 0.1) is 5.92 Å². The summed E-state index contributed by atoms with van der Waals surface area (Å²) in [6.45, 7) is 4.51. The largest absolute Gasteiger partial charge is 0.0942 e. The van der Waals surface area contributed by atoms with Gasteiger partial charge in [-0.2, -0.15) is 0 Å². The van der Waals surface area contributed by atoms with Gasteiger partial charge in [0, 0.05) is 5.75 Å². The Kier molecular flexibility index (Phi) is 5.73. The van der Waals surface area contributed by atoms with Gasteiger partial charge in [0.25, 0.3) is 0 Å². The molecule has 1 atom stereocenters. The molecular weight excluding hydrogens is 116 g/mol. The fourth-order valence-electron chi connectivity index (χ4n) is 0.636. The van der Waals surface area contributed by atoms with Crippen molar-refractivity contribution >= 4 is 12.6 Å². The molecule has 0 heterocycles. The molecule has 0 saturated carbocycles. The molecule has 0 spiro atoms. The number of rotatable bonds is 4. The van der Waals surface area contributed by atoms with E-state index in [0.29, 0.717) is 0 Å². The van der Waals surface area contributed by atoms with Crippen molar-refractivity contribution in [2.24, 2.45) is 5.92 Å². The van der Waals surface area contributed by atoms with E-state index in [-0.39, 0.29) is 0 Å². The summed E-state index contributed by atoms with van der Waals surface area (Å²) in [5, 5.41) is 0. The molecule has 1 radical (unpaired) electrons. The second-order valence-corrected chi connectivity index (χ2v) is 2.77. The Morgan fingerprint density at radius 2 is 2.12 bits per heavy atom. The molecule has 0 fully saturated rings. The predicted molar refractivity (Wildman–Crippen MR) is 41.1 cm³/mol. The van der Waals surface area contributed by atoms with Crippen molar-refractivity contribution in [1.29, 1.82) is 0 Å². The molecule has 0 nitrogen and oxygen atoms in total. The zero-order valence-electron chi connectivity index (χ0n) is 5.81. The molecule has 1 unspecified atom stereocenters. The lowest BCUT2D eigenvalue weighted by Gasteiger charge is -2.04. The molecule has 0 aliphatic rings. The number of hydrogen-bond donors (Lipinski definition) is 0. The van der Waals surface area contributed by atoms with Crippen molar-refractivity contribution in [2.45, 2.75) is 33.1 Å². The zero-order chi connectivity index (χ0) is 6.41. The van der Waals surface area contributed by atoms with Crippen LogP contribution in [-0.4, -0.2) is 5.75 Å². The van der Waals surface area contributed by atoms with Gasteiger partial charge >= 0.3 is 0 Å². The minimum absolute atomic E-state index is 0.887. The van der Waals surface area contributed by atoms with Crippen LogP contribution in [0.3, 0.4) is 0 Å². The molecule has 0 bridgehead atoms. The third-order valence-electron chi connectivity index (χ3n) is 1.54. The normalized spacial score (nSPS) is 13.9. The fourth-order valence-corrected chi connectivity index (χ4v) is 0.803. The molecular formula is C7H15S. The molecule has 1 heteroatoms. The standard InChI is InChI=1S/C7H15S/c1-3-7(2)5-4-6-8/h7H,3-6H2,1-2H3. The van der Waals surface area contributed by atoms with Crippen LogP contribution in [0.2, 0.25) is 0 Å². The van der Waals surface area contributed by atoms with E-state index in [2.05, 4.69) is 13.8 Å². The van der Waals surface area contributed by atoms with E-state index >= 15 is 0 Å². The van der Waals surface area contributed by atoms with Gasteiger partial charge in [0.2, 0.25) is 0 Å². The van der Waals surface area contributed by atoms with Crippen LogP contribution in [0.5, 0.6) is 0 Å². The highest BCUT2D eigenvalue weighted by Crippen LogP contribution is 2.08. The Morgan fingerprint density at radius 1 is 1.50 bits per heavy atom. The van der Waals surface area contributed by atoms with Gasteiger partial charge in [-0.3, -0.25) is 0 Å². The van der Waals surface area contributed by atoms with E-state index in [1.807, 2.05) is 0 Å². The van der Waals surface area contributed by atoms with Crippen molar-refractivity contribution in [3.05, 3.63) is 0 Å². The van der Waals surface area contributed by atoms with E-state index in [9.17, 15) is 0 Å². The smallest absolute Gasteiger partial charge is 0.00370 e. The fraction of sp³-hybridized carbons (Fsp3) is 1.00. The van der Waals surface area contributed by atoms with Crippen LogP contribution in [0.4, 0.5) is 0 Å². The first kappa shape index (κ1) is 8.35. The maximum Gasteiger partial charge on any atom is 0.00370 e. The molecule has 0 aliphatic carbocycles. The van der Waals surface area contributed by atoms with Gasteiger partial charge in [-0.1, -0.05) is 32.9 Å². The first-order valence-electron chi connectivity index (χ1n) is 3.39. The molecule has 0 aromatic rings. The Balaban J connectivity index is 2.86. The van der Waals surface area contributed by atoms with Crippen LogP contribution < -0.4 is 0 Å². The monoisotopic (exact) mass is 131 g/mol. The topological polar surface area (TPSA) is 0 Å². The summed E-state index contributed by atoms with van der Waals surface area (Å²) >= 11 is 4.82. The molecule has 49 valence electrons. The van der Waals surface area contributed by atoms with Crippen LogP contribution >= 0.6 is 12.6 Å². The Morgan fingerprint density at radius 3 is 2.50 bits per heavy atom. The summed E-state index contributed by atoms with van der Waals surface area (Å²) in [6, 6.07) is 0. The van der Waals surface area contributed by atoms with E-state index in [0.717, 1.165) is 11.7 Å². The van der Waals surface area contributed by atoms with Crippen LogP contribution in [0.15, 0.2) is 0 Å². The summed E-state index contributed by atoms with van der Waals surface area (Å²) in [4.78, 5) is 0. The maximum atomic E-state index is 4.82. The van der Waals surface area contributed by atoms with Crippen molar-refractivity contribution in [2.75, 3.05) is 5.75 Å². The molecule has 0 saturated heterocycles. The quantitative estimate of drug-likeness (QED) is 0.550. The zero-order valence-corrected chi connectivity index (χ0v) is 6.63. The minimum atomic E-state index is 0.887. The van der Waals surface area contributed by atoms with Crippen molar-refractivity contribution in [3.8, 4) is 0 Å². The third-order valence-corrected chi connectivity index (χ3v) is 1.83. The predicted octanol–water partition coefficient (Wildman–Crippen LogP) is 3.01. The highest BCUT2D eigenvalue weighted by atomic mass is 32.1. The first-order chi connectivity index (χ1) is 3.81. The first-order valence-corrected chi connectivity index (χ1v) is 3.97. The van der Waals surface area contributed by atoms with Gasteiger partial charge in [0.1, 0.15) is 0 Å². The molecule has 0 rings (SSSR count). The van der Waals surface area contributed by atoms with Crippen molar-refractivity contribution < 1.29 is 0 Å². The molecule has 0 amide bonds. The average Bonchev–Trinajstić information content (AvgIpc) is 1.83. The van der Waals surface area contributed by atoms with Crippen LogP contribution in [0.25, 0.3) is 0 Å². The SMILES string of the molecule is CCC(C)CCC[S]. The van der Waals surface area contributed by atoms with Crippen molar-refractivity contribution in [3.63, 3.8) is 0 Å². The Labute approximate surface area is 58.1 Å². The van der Waals surface area contributed by atoms with Gasteiger partial charge in [-0.05, 0) is 18.8 Å². The van der Waals surface area contributed by atoms with Crippen LogP contribution in [-0.2, 0) is 0 Å². The molecule has 0 aliphatic heterocycles. The summed E-state index contributed by atoms with van der Waals surface area (Å²) in [5.74, 6) is 1.82. The van der Waals surface area contributed by atoms with E-state index in [1.165, 1.54) is 19.3 Å². The van der Waals surface area contributed by atoms with E-state index in [1.54, 1.807) is 0 Å². The summed E-state index contributed by atoms with van der Waals surface area (Å²) in [7, 11) is 0. The van der Waals surface area contributed by atoms with Gasteiger partial charge in [0.15, 0.2) is 0 Å². The van der Waals surface area contributed by atoms with E-state index in [4.69, 9.17) is 12.6 Å². The lowest BCUT2D eigenvalue weighted by molar-refractivity contribution is 0.511.